The minimum Gasteiger partial charge on any atom is -0.493 e. The van der Waals surface area contributed by atoms with E-state index in [0.717, 1.165) is 60.1 Å². The van der Waals surface area contributed by atoms with Gasteiger partial charge in [-0.25, -0.2) is 0 Å². The minimum atomic E-state index is -0.223. The zero-order valence-corrected chi connectivity index (χ0v) is 19.6. The molecule has 10 heteroatoms. The van der Waals surface area contributed by atoms with Gasteiger partial charge in [-0.05, 0) is 49.9 Å². The van der Waals surface area contributed by atoms with Crippen LogP contribution in [0.15, 0.2) is 35.4 Å². The molecule has 0 unspecified atom stereocenters. The number of rotatable bonds is 11. The molecule has 178 valence electrons. The quantitative estimate of drug-likeness (QED) is 0.285. The van der Waals surface area contributed by atoms with E-state index in [2.05, 4.69) is 35.9 Å². The second kappa shape index (κ2) is 10.8. The fourth-order valence-electron chi connectivity index (χ4n) is 3.92. The van der Waals surface area contributed by atoms with Crippen molar-refractivity contribution in [2.75, 3.05) is 19.0 Å². The first-order valence-corrected chi connectivity index (χ1v) is 11.3. The third-order valence-electron chi connectivity index (χ3n) is 5.67. The summed E-state index contributed by atoms with van der Waals surface area (Å²) >= 11 is 0. The summed E-state index contributed by atoms with van der Waals surface area (Å²) < 4.78 is 11.7. The second-order valence-electron chi connectivity index (χ2n) is 8.18. The first-order chi connectivity index (χ1) is 16.6. The van der Waals surface area contributed by atoms with Crippen LogP contribution in [0.3, 0.4) is 0 Å². The smallest absolute Gasteiger partial charge is 0.250 e. The maximum Gasteiger partial charge on any atom is 0.250 e. The molecule has 0 saturated carbocycles. The average Bonchev–Trinajstić information content (AvgIpc) is 3.34. The summed E-state index contributed by atoms with van der Waals surface area (Å²) in [5.74, 6) is 1.85. The summed E-state index contributed by atoms with van der Waals surface area (Å²) in [5.41, 5.74) is 4.01. The Balaban J connectivity index is 1.49. The van der Waals surface area contributed by atoms with Crippen molar-refractivity contribution in [2.45, 2.75) is 46.0 Å². The lowest BCUT2D eigenvalue weighted by atomic mass is 10.1. The summed E-state index contributed by atoms with van der Waals surface area (Å²) in [7, 11) is 1.59. The van der Waals surface area contributed by atoms with Crippen LogP contribution >= 0.6 is 0 Å². The molecule has 3 aromatic heterocycles. The van der Waals surface area contributed by atoms with E-state index in [1.807, 2.05) is 26.0 Å². The Labute approximate surface area is 197 Å². The number of ether oxygens (including phenoxy) is 2. The van der Waals surface area contributed by atoms with Gasteiger partial charge in [0.25, 0.3) is 5.56 Å². The van der Waals surface area contributed by atoms with Crippen LogP contribution in [0.25, 0.3) is 10.9 Å². The van der Waals surface area contributed by atoms with Crippen molar-refractivity contribution >= 4 is 22.3 Å². The zero-order valence-electron chi connectivity index (χ0n) is 19.6. The lowest BCUT2D eigenvalue weighted by Crippen LogP contribution is -2.09. The van der Waals surface area contributed by atoms with E-state index in [1.165, 1.54) is 0 Å². The monoisotopic (exact) mass is 463 g/mol. The number of hydrogen-bond acceptors (Lipinski definition) is 8. The fourth-order valence-corrected chi connectivity index (χ4v) is 3.92. The molecule has 0 aliphatic carbocycles. The molecule has 34 heavy (non-hydrogen) atoms. The van der Waals surface area contributed by atoms with Gasteiger partial charge in [-0.2, -0.15) is 5.21 Å². The lowest BCUT2D eigenvalue weighted by Gasteiger charge is -2.17. The SMILES string of the molecule is COc1ccc2c(Nc3c(C)cncc3C)cc(=O)[nH]c2c1OCCCCCCc1nn[nH]n1. The topological polar surface area (TPSA) is 131 Å². The third-order valence-corrected chi connectivity index (χ3v) is 5.67. The van der Waals surface area contributed by atoms with Crippen LogP contribution < -0.4 is 20.3 Å². The summed E-state index contributed by atoms with van der Waals surface area (Å²) in [6.07, 6.45) is 8.32. The second-order valence-corrected chi connectivity index (χ2v) is 8.18. The number of nitrogens with zero attached hydrogens (tertiary/aromatic N) is 4. The summed E-state index contributed by atoms with van der Waals surface area (Å²) in [5, 5.41) is 18.2. The van der Waals surface area contributed by atoms with Gasteiger partial charge in [-0.1, -0.05) is 18.1 Å². The van der Waals surface area contributed by atoms with Crippen molar-refractivity contribution in [1.29, 1.82) is 0 Å². The van der Waals surface area contributed by atoms with Gasteiger partial charge in [0.05, 0.1) is 24.9 Å². The number of tetrazole rings is 1. The van der Waals surface area contributed by atoms with E-state index >= 15 is 0 Å². The first kappa shape index (κ1) is 23.2. The number of methoxy groups -OCH3 is 1. The predicted molar refractivity (Wildman–Crippen MR) is 130 cm³/mol. The summed E-state index contributed by atoms with van der Waals surface area (Å²) in [6, 6.07) is 5.34. The molecule has 0 spiro atoms. The number of unbranched alkanes of at least 4 members (excludes halogenated alkanes) is 3. The molecule has 10 nitrogen and oxygen atoms in total. The highest BCUT2D eigenvalue weighted by molar-refractivity contribution is 5.97. The van der Waals surface area contributed by atoms with Crippen LogP contribution in [0.4, 0.5) is 11.4 Å². The Morgan fingerprint density at radius 1 is 1.06 bits per heavy atom. The molecule has 4 aromatic rings. The number of H-pyrrole nitrogens is 2. The summed E-state index contributed by atoms with van der Waals surface area (Å²) in [4.78, 5) is 19.7. The van der Waals surface area contributed by atoms with E-state index in [0.29, 0.717) is 29.3 Å². The van der Waals surface area contributed by atoms with Crippen molar-refractivity contribution in [3.63, 3.8) is 0 Å². The Morgan fingerprint density at radius 3 is 2.59 bits per heavy atom. The molecule has 3 heterocycles. The highest BCUT2D eigenvalue weighted by Gasteiger charge is 2.15. The van der Waals surface area contributed by atoms with Crippen molar-refractivity contribution < 1.29 is 9.47 Å². The predicted octanol–water partition coefficient (Wildman–Crippen LogP) is 3.99. The lowest BCUT2D eigenvalue weighted by molar-refractivity contribution is 0.288. The molecule has 0 aliphatic rings. The fraction of sp³-hybridized carbons (Fsp3) is 0.375. The van der Waals surface area contributed by atoms with Crippen molar-refractivity contribution in [1.82, 2.24) is 30.6 Å². The van der Waals surface area contributed by atoms with E-state index in [9.17, 15) is 4.79 Å². The van der Waals surface area contributed by atoms with Crippen LogP contribution in [-0.2, 0) is 6.42 Å². The van der Waals surface area contributed by atoms with Crippen LogP contribution in [0, 0.1) is 13.8 Å². The van der Waals surface area contributed by atoms with Crippen LogP contribution in [0.1, 0.15) is 42.6 Å². The van der Waals surface area contributed by atoms with E-state index in [-0.39, 0.29) is 5.56 Å². The van der Waals surface area contributed by atoms with Gasteiger partial charge in [-0.3, -0.25) is 9.78 Å². The average molecular weight is 464 g/mol. The number of aromatic nitrogens is 6. The Kier molecular flexibility index (Phi) is 7.36. The molecule has 0 bridgehead atoms. The maximum atomic E-state index is 12.5. The molecule has 0 aliphatic heterocycles. The molecule has 0 fully saturated rings. The molecule has 0 radical (unpaired) electrons. The van der Waals surface area contributed by atoms with Gasteiger partial charge in [0.15, 0.2) is 17.3 Å². The molecular weight excluding hydrogens is 434 g/mol. The molecular formula is C24H29N7O3. The van der Waals surface area contributed by atoms with Crippen molar-refractivity contribution in [3.8, 4) is 11.5 Å². The van der Waals surface area contributed by atoms with E-state index in [1.54, 1.807) is 25.6 Å². The van der Waals surface area contributed by atoms with Crippen LogP contribution in [-0.4, -0.2) is 44.3 Å². The largest absolute Gasteiger partial charge is 0.493 e. The third kappa shape index (κ3) is 5.33. The van der Waals surface area contributed by atoms with Gasteiger partial charge >= 0.3 is 0 Å². The van der Waals surface area contributed by atoms with Crippen molar-refractivity contribution in [3.05, 3.63) is 57.9 Å². The number of fused-ring (bicyclic) bond motifs is 1. The molecule has 1 aromatic carbocycles. The zero-order chi connectivity index (χ0) is 23.9. The van der Waals surface area contributed by atoms with Crippen LogP contribution in [0.5, 0.6) is 11.5 Å². The highest BCUT2D eigenvalue weighted by atomic mass is 16.5. The molecule has 3 N–H and O–H groups in total. The van der Waals surface area contributed by atoms with Gasteiger partial charge in [0.2, 0.25) is 0 Å². The van der Waals surface area contributed by atoms with Gasteiger partial charge in [-0.15, -0.1) is 10.2 Å². The highest BCUT2D eigenvalue weighted by Crippen LogP contribution is 2.37. The Bertz CT molecular complexity index is 1280. The van der Waals surface area contributed by atoms with Crippen molar-refractivity contribution in [2.24, 2.45) is 0 Å². The Hall–Kier alpha value is -3.95. The maximum absolute atomic E-state index is 12.5. The van der Waals surface area contributed by atoms with Gasteiger partial charge in [0.1, 0.15) is 0 Å². The van der Waals surface area contributed by atoms with Gasteiger partial charge < -0.3 is 19.8 Å². The standard InChI is InChI=1S/C24H29N7O3/c1-15-13-25-14-16(2)22(15)26-18-12-21(32)27-23-17(18)9-10-19(33-3)24(23)34-11-7-5-4-6-8-20-28-30-31-29-20/h9-10,12-14H,4-8,11H2,1-3H3,(H2,25,26,27,32)(H,28,29,30,31). The number of anilines is 2. The first-order valence-electron chi connectivity index (χ1n) is 11.3. The Morgan fingerprint density at radius 2 is 1.85 bits per heavy atom. The minimum absolute atomic E-state index is 0.223. The molecule has 0 amide bonds. The number of aryl methyl sites for hydroxylation is 3. The number of benzene rings is 1. The number of hydrogen-bond donors (Lipinski definition) is 3. The normalized spacial score (nSPS) is 11.0. The van der Waals surface area contributed by atoms with E-state index in [4.69, 9.17) is 9.47 Å². The summed E-state index contributed by atoms with van der Waals surface area (Å²) in [6.45, 7) is 4.48. The number of pyridine rings is 2. The molecule has 0 saturated heterocycles. The van der Waals surface area contributed by atoms with Gasteiger partial charge in [0, 0.05) is 36.0 Å². The van der Waals surface area contributed by atoms with E-state index < -0.39 is 0 Å². The number of aromatic amines is 2. The molecule has 4 rings (SSSR count). The van der Waals surface area contributed by atoms with Crippen LogP contribution in [0.2, 0.25) is 0 Å². The molecule has 0 atom stereocenters. The number of nitrogens with one attached hydrogen (secondary N) is 3.